The molecule has 2 atom stereocenters. The molecule has 0 aromatic heterocycles. The first kappa shape index (κ1) is 20.5. The number of ether oxygens (including phenoxy) is 2. The van der Waals surface area contributed by atoms with E-state index in [0.717, 1.165) is 6.26 Å². The van der Waals surface area contributed by atoms with Crippen LogP contribution < -0.4 is 4.74 Å². The number of likely N-dealkylation sites (tertiary alicyclic amines) is 1. The zero-order valence-corrected chi connectivity index (χ0v) is 16.7. The Morgan fingerprint density at radius 1 is 1.31 bits per heavy atom. The number of rotatable bonds is 4. The largest absolute Gasteiger partial charge is 0.493 e. The third-order valence-electron chi connectivity index (χ3n) is 4.19. The van der Waals surface area contributed by atoms with E-state index in [9.17, 15) is 18.3 Å². The molecule has 8 heteroatoms. The maximum Gasteiger partial charge on any atom is 0.410 e. The number of sulfone groups is 1. The molecule has 0 unspecified atom stereocenters. The standard InChI is InChI=1S/C18H27NO6S/c1-17(2,3)25-16(20)19-10-13(18(4,21)12-19)11-24-14-6-8-15(9-7-14)26(5,22)23/h6-9,13,21H,10-12H2,1-5H3/t13-,18+/m0/s1. The van der Waals surface area contributed by atoms with Gasteiger partial charge in [0.05, 0.1) is 23.6 Å². The van der Waals surface area contributed by atoms with Crippen LogP contribution in [0.25, 0.3) is 0 Å². The fourth-order valence-electron chi connectivity index (χ4n) is 2.72. The van der Waals surface area contributed by atoms with Gasteiger partial charge in [0, 0.05) is 18.7 Å². The molecule has 0 spiro atoms. The molecule has 1 aliphatic rings. The van der Waals surface area contributed by atoms with E-state index in [0.29, 0.717) is 12.3 Å². The molecular formula is C18H27NO6S. The number of aliphatic hydroxyl groups is 1. The minimum absolute atomic E-state index is 0.170. The predicted molar refractivity (Wildman–Crippen MR) is 97.0 cm³/mol. The summed E-state index contributed by atoms with van der Waals surface area (Å²) >= 11 is 0. The van der Waals surface area contributed by atoms with Crippen molar-refractivity contribution in [3.8, 4) is 5.75 Å². The van der Waals surface area contributed by atoms with Crippen molar-refractivity contribution in [1.82, 2.24) is 4.90 Å². The van der Waals surface area contributed by atoms with Crippen molar-refractivity contribution < 1.29 is 27.8 Å². The van der Waals surface area contributed by atoms with E-state index in [4.69, 9.17) is 9.47 Å². The molecule has 7 nitrogen and oxygen atoms in total. The molecule has 1 aromatic carbocycles. The number of β-amino-alcohol motifs (C(OH)–C–C–N with tert-alkyl or cyclic N) is 1. The molecular weight excluding hydrogens is 358 g/mol. The molecule has 1 aromatic rings. The van der Waals surface area contributed by atoms with Gasteiger partial charge in [0.15, 0.2) is 9.84 Å². The van der Waals surface area contributed by atoms with E-state index in [2.05, 4.69) is 0 Å². The van der Waals surface area contributed by atoms with Crippen LogP contribution in [-0.4, -0.2) is 61.7 Å². The lowest BCUT2D eigenvalue weighted by Gasteiger charge is -2.25. The van der Waals surface area contributed by atoms with Crippen molar-refractivity contribution in [1.29, 1.82) is 0 Å². The summed E-state index contributed by atoms with van der Waals surface area (Å²) < 4.78 is 34.0. The molecule has 0 saturated carbocycles. The van der Waals surface area contributed by atoms with Crippen LogP contribution in [-0.2, 0) is 14.6 Å². The summed E-state index contributed by atoms with van der Waals surface area (Å²) in [6, 6.07) is 6.10. The Morgan fingerprint density at radius 2 is 1.88 bits per heavy atom. The van der Waals surface area contributed by atoms with Crippen molar-refractivity contribution in [3.05, 3.63) is 24.3 Å². The van der Waals surface area contributed by atoms with Gasteiger partial charge in [-0.25, -0.2) is 13.2 Å². The van der Waals surface area contributed by atoms with Gasteiger partial charge in [-0.3, -0.25) is 0 Å². The van der Waals surface area contributed by atoms with Gasteiger partial charge in [-0.15, -0.1) is 0 Å². The molecule has 1 heterocycles. The third-order valence-corrected chi connectivity index (χ3v) is 5.31. The first-order valence-electron chi connectivity index (χ1n) is 8.41. The van der Waals surface area contributed by atoms with E-state index in [1.54, 1.807) is 39.8 Å². The maximum absolute atomic E-state index is 12.2. The van der Waals surface area contributed by atoms with E-state index in [1.165, 1.54) is 17.0 Å². The van der Waals surface area contributed by atoms with Crippen molar-refractivity contribution in [3.63, 3.8) is 0 Å². The highest BCUT2D eigenvalue weighted by Crippen LogP contribution is 2.29. The normalized spacial score (nSPS) is 23.8. The van der Waals surface area contributed by atoms with Crippen LogP contribution >= 0.6 is 0 Å². The van der Waals surface area contributed by atoms with Crippen LogP contribution in [0.5, 0.6) is 5.75 Å². The number of carbonyl (C=O) groups excluding carboxylic acids is 1. The van der Waals surface area contributed by atoms with E-state index in [1.807, 2.05) is 0 Å². The van der Waals surface area contributed by atoms with Crippen LogP contribution in [0.2, 0.25) is 0 Å². The molecule has 1 fully saturated rings. The molecule has 0 bridgehead atoms. The second-order valence-corrected chi connectivity index (χ2v) is 9.99. The fourth-order valence-corrected chi connectivity index (χ4v) is 3.35. The first-order valence-corrected chi connectivity index (χ1v) is 10.3. The number of amides is 1. The quantitative estimate of drug-likeness (QED) is 0.853. The van der Waals surface area contributed by atoms with Crippen molar-refractivity contribution in [2.24, 2.45) is 5.92 Å². The van der Waals surface area contributed by atoms with Crippen LogP contribution in [0.15, 0.2) is 29.2 Å². The minimum Gasteiger partial charge on any atom is -0.493 e. The van der Waals surface area contributed by atoms with E-state index >= 15 is 0 Å². The summed E-state index contributed by atoms with van der Waals surface area (Å²) in [6.07, 6.45) is 0.682. The average molecular weight is 385 g/mol. The van der Waals surface area contributed by atoms with Gasteiger partial charge in [0.1, 0.15) is 11.4 Å². The second-order valence-electron chi connectivity index (χ2n) is 7.97. The van der Waals surface area contributed by atoms with Gasteiger partial charge in [0.2, 0.25) is 0 Å². The molecule has 2 rings (SSSR count). The molecule has 0 radical (unpaired) electrons. The number of benzene rings is 1. The number of hydrogen-bond donors (Lipinski definition) is 1. The van der Waals surface area contributed by atoms with E-state index in [-0.39, 0.29) is 24.0 Å². The van der Waals surface area contributed by atoms with Crippen LogP contribution in [0.1, 0.15) is 27.7 Å². The van der Waals surface area contributed by atoms with Gasteiger partial charge in [-0.1, -0.05) is 0 Å². The summed E-state index contributed by atoms with van der Waals surface area (Å²) in [5.74, 6) is 0.216. The molecule has 0 aliphatic carbocycles. The lowest BCUT2D eigenvalue weighted by molar-refractivity contribution is 0.00623. The Bertz CT molecular complexity index is 749. The van der Waals surface area contributed by atoms with Gasteiger partial charge in [-0.05, 0) is 52.0 Å². The Morgan fingerprint density at radius 3 is 2.38 bits per heavy atom. The van der Waals surface area contributed by atoms with Crippen LogP contribution in [0, 0.1) is 5.92 Å². The van der Waals surface area contributed by atoms with Gasteiger partial charge < -0.3 is 19.5 Å². The lowest BCUT2D eigenvalue weighted by atomic mass is 9.94. The average Bonchev–Trinajstić information content (AvgIpc) is 2.78. The molecule has 1 saturated heterocycles. The Balaban J connectivity index is 1.98. The summed E-state index contributed by atoms with van der Waals surface area (Å²) in [5.41, 5.74) is -1.69. The first-order chi connectivity index (χ1) is 11.8. The van der Waals surface area contributed by atoms with E-state index < -0.39 is 27.1 Å². The Labute approximate surface area is 154 Å². The Hall–Kier alpha value is -1.80. The monoisotopic (exact) mass is 385 g/mol. The van der Waals surface area contributed by atoms with Crippen LogP contribution in [0.3, 0.4) is 0 Å². The SMILES string of the molecule is CC(C)(C)OC(=O)N1C[C@@H](COc2ccc(S(C)(=O)=O)cc2)[C@](C)(O)C1. The molecule has 26 heavy (non-hydrogen) atoms. The summed E-state index contributed by atoms with van der Waals surface area (Å²) in [6.45, 7) is 7.73. The second kappa shape index (κ2) is 7.08. The van der Waals surface area contributed by atoms with Gasteiger partial charge in [-0.2, -0.15) is 0 Å². The summed E-state index contributed by atoms with van der Waals surface area (Å²) in [7, 11) is -3.25. The lowest BCUT2D eigenvalue weighted by Crippen LogP contribution is -2.39. The number of carbonyl (C=O) groups is 1. The zero-order chi connectivity index (χ0) is 19.8. The molecule has 146 valence electrons. The smallest absolute Gasteiger partial charge is 0.410 e. The van der Waals surface area contributed by atoms with Gasteiger partial charge >= 0.3 is 6.09 Å². The van der Waals surface area contributed by atoms with Crippen molar-refractivity contribution in [2.75, 3.05) is 26.0 Å². The minimum atomic E-state index is -3.25. The molecule has 1 N–H and O–H groups in total. The van der Waals surface area contributed by atoms with Gasteiger partial charge in [0.25, 0.3) is 0 Å². The highest BCUT2D eigenvalue weighted by molar-refractivity contribution is 7.90. The zero-order valence-electron chi connectivity index (χ0n) is 15.9. The van der Waals surface area contributed by atoms with Crippen molar-refractivity contribution in [2.45, 2.75) is 43.8 Å². The highest BCUT2D eigenvalue weighted by atomic mass is 32.2. The van der Waals surface area contributed by atoms with Crippen molar-refractivity contribution >= 4 is 15.9 Å². The topological polar surface area (TPSA) is 93.1 Å². The highest BCUT2D eigenvalue weighted by Gasteiger charge is 2.44. The predicted octanol–water partition coefficient (Wildman–Crippen LogP) is 2.09. The molecule has 1 amide bonds. The Kier molecular flexibility index (Phi) is 5.58. The summed E-state index contributed by atoms with van der Waals surface area (Å²) in [4.78, 5) is 13.9. The maximum atomic E-state index is 12.2. The summed E-state index contributed by atoms with van der Waals surface area (Å²) in [5, 5.41) is 10.6. The number of nitrogens with zero attached hydrogens (tertiary/aromatic N) is 1. The third kappa shape index (κ3) is 5.35. The molecule has 1 aliphatic heterocycles. The fraction of sp³-hybridized carbons (Fsp3) is 0.611. The van der Waals surface area contributed by atoms with Crippen LogP contribution in [0.4, 0.5) is 4.79 Å². The number of hydrogen-bond acceptors (Lipinski definition) is 6.